The molecule has 0 aromatic carbocycles. The molecule has 0 radical (unpaired) electrons. The lowest BCUT2D eigenvalue weighted by Gasteiger charge is -2.01. The summed E-state index contributed by atoms with van der Waals surface area (Å²) in [6.07, 6.45) is 0. The average Bonchev–Trinajstić information content (AvgIpc) is 1.27. The minimum absolute atomic E-state index is 0.563. The van der Waals surface area contributed by atoms with Crippen LogP contribution in [-0.2, 0) is 4.74 Å². The van der Waals surface area contributed by atoms with Crippen molar-refractivity contribution in [3.63, 3.8) is 0 Å². The van der Waals surface area contributed by atoms with Gasteiger partial charge in [-0.3, -0.25) is 0 Å². The number of ether oxygens (including phenoxy) is 1. The van der Waals surface area contributed by atoms with E-state index in [1.54, 1.807) is 0 Å². The zero-order valence-electron chi connectivity index (χ0n) is 3.70. The maximum absolute atomic E-state index is 11.0. The highest BCUT2D eigenvalue weighted by Crippen LogP contribution is 2.05. The second kappa shape index (κ2) is 3.32. The Morgan fingerprint density at radius 2 is 2.00 bits per heavy atom. The molecule has 0 N–H and O–H groups in total. The van der Waals surface area contributed by atoms with Gasteiger partial charge in [-0.1, -0.05) is 15.9 Å². The van der Waals surface area contributed by atoms with Crippen molar-refractivity contribution < 1.29 is 13.5 Å². The van der Waals surface area contributed by atoms with Gasteiger partial charge in [-0.2, -0.15) is 8.78 Å². The lowest BCUT2D eigenvalue weighted by molar-refractivity contribution is -0.132. The summed E-state index contributed by atoms with van der Waals surface area (Å²) in [4.78, 5) is 0. The third-order valence-corrected chi connectivity index (χ3v) is 0.506. The first kappa shape index (κ1) is 7.30. The molecule has 0 fully saturated rings. The molecule has 0 saturated heterocycles. The predicted molar refractivity (Wildman–Crippen MR) is 25.5 cm³/mol. The van der Waals surface area contributed by atoms with Crippen molar-refractivity contribution >= 4 is 15.9 Å². The molecular weight excluding hydrogens is 170 g/mol. The van der Waals surface area contributed by atoms with Crippen molar-refractivity contribution in [2.45, 2.75) is 18.5 Å². The van der Waals surface area contributed by atoms with E-state index in [4.69, 9.17) is 0 Å². The quantitative estimate of drug-likeness (QED) is 0.583. The molecule has 0 aliphatic rings. The Balaban J connectivity index is 2.95. The van der Waals surface area contributed by atoms with Crippen LogP contribution in [0, 0.1) is 0 Å². The zero-order valence-corrected chi connectivity index (χ0v) is 5.28. The molecular formula is C3H5BrF2O. The Bertz CT molecular complexity index is 42.2. The molecule has 0 bridgehead atoms. The van der Waals surface area contributed by atoms with Crippen molar-refractivity contribution in [3.05, 3.63) is 0 Å². The van der Waals surface area contributed by atoms with Gasteiger partial charge in [-0.15, -0.1) is 0 Å². The van der Waals surface area contributed by atoms with Gasteiger partial charge in [-0.25, -0.2) is 0 Å². The number of halogens is 3. The van der Waals surface area contributed by atoms with E-state index in [0.717, 1.165) is 0 Å². The first-order chi connectivity index (χ1) is 3.13. The number of rotatable bonds is 2. The maximum atomic E-state index is 11.0. The Kier molecular flexibility index (Phi) is 3.46. The lowest BCUT2D eigenvalue weighted by atomic mass is 10.9. The molecule has 4 heteroatoms. The summed E-state index contributed by atoms with van der Waals surface area (Å²) in [6, 6.07) is 0. The predicted octanol–water partition coefficient (Wildman–Crippen LogP) is 1.97. The lowest BCUT2D eigenvalue weighted by Crippen LogP contribution is -2.03. The molecule has 0 aliphatic heterocycles. The van der Waals surface area contributed by atoms with Gasteiger partial charge in [-0.05, 0) is 6.92 Å². The SMILES string of the molecule is CC(Br)OC(F)F. The fraction of sp³-hybridized carbons (Fsp3) is 1.00. The molecule has 0 amide bonds. The molecule has 0 aliphatic carbocycles. The fourth-order valence-corrected chi connectivity index (χ4v) is 0.305. The second-order valence-electron chi connectivity index (χ2n) is 0.940. The molecule has 44 valence electrons. The van der Waals surface area contributed by atoms with Crippen molar-refractivity contribution in [2.24, 2.45) is 0 Å². The Morgan fingerprint density at radius 1 is 1.57 bits per heavy atom. The van der Waals surface area contributed by atoms with Gasteiger partial charge in [0.25, 0.3) is 0 Å². The first-order valence-corrected chi connectivity index (χ1v) is 2.62. The Labute approximate surface area is 48.8 Å². The van der Waals surface area contributed by atoms with E-state index < -0.39 is 11.6 Å². The van der Waals surface area contributed by atoms with Crippen LogP contribution in [0.25, 0.3) is 0 Å². The van der Waals surface area contributed by atoms with Gasteiger partial charge >= 0.3 is 6.61 Å². The highest BCUT2D eigenvalue weighted by molar-refractivity contribution is 9.09. The molecule has 1 atom stereocenters. The minimum atomic E-state index is -2.67. The molecule has 0 aromatic heterocycles. The van der Waals surface area contributed by atoms with Gasteiger partial charge < -0.3 is 4.74 Å². The van der Waals surface area contributed by atoms with Crippen LogP contribution >= 0.6 is 15.9 Å². The summed E-state index contributed by atoms with van der Waals surface area (Å²) in [5, 5.41) is -0.563. The van der Waals surface area contributed by atoms with Gasteiger partial charge in [0, 0.05) is 0 Å². The van der Waals surface area contributed by atoms with Crippen molar-refractivity contribution in [1.29, 1.82) is 0 Å². The maximum Gasteiger partial charge on any atom is 0.346 e. The molecule has 0 aromatic rings. The summed E-state index contributed by atoms with van der Waals surface area (Å²) in [5.74, 6) is 0. The highest BCUT2D eigenvalue weighted by Gasteiger charge is 2.03. The third kappa shape index (κ3) is 6.30. The number of alkyl halides is 3. The standard InChI is InChI=1S/C3H5BrF2O/c1-2(4)7-3(5)6/h2-3H,1H3. The molecule has 7 heavy (non-hydrogen) atoms. The van der Waals surface area contributed by atoms with Gasteiger partial charge in [0.1, 0.15) is 5.01 Å². The van der Waals surface area contributed by atoms with E-state index in [1.807, 2.05) is 0 Å². The fourth-order valence-electron chi connectivity index (χ4n) is 0.142. The summed E-state index contributed by atoms with van der Waals surface area (Å²) in [6.45, 7) is -1.19. The van der Waals surface area contributed by atoms with Crippen LogP contribution in [0.5, 0.6) is 0 Å². The van der Waals surface area contributed by atoms with Crippen LogP contribution in [-0.4, -0.2) is 11.6 Å². The molecule has 0 saturated carbocycles. The van der Waals surface area contributed by atoms with E-state index in [2.05, 4.69) is 20.7 Å². The molecule has 0 heterocycles. The summed E-state index contributed by atoms with van der Waals surface area (Å²) in [5.41, 5.74) is 0. The van der Waals surface area contributed by atoms with Crippen LogP contribution in [0.2, 0.25) is 0 Å². The minimum Gasteiger partial charge on any atom is -0.308 e. The van der Waals surface area contributed by atoms with E-state index in [1.165, 1.54) is 6.92 Å². The molecule has 0 spiro atoms. The Morgan fingerprint density at radius 3 is 2.00 bits per heavy atom. The van der Waals surface area contributed by atoms with Crippen LogP contribution in [0.15, 0.2) is 0 Å². The molecule has 1 unspecified atom stereocenters. The highest BCUT2D eigenvalue weighted by atomic mass is 79.9. The van der Waals surface area contributed by atoms with Crippen LogP contribution in [0.3, 0.4) is 0 Å². The van der Waals surface area contributed by atoms with Crippen molar-refractivity contribution in [1.82, 2.24) is 0 Å². The van der Waals surface area contributed by atoms with E-state index >= 15 is 0 Å². The number of hydrogen-bond donors (Lipinski definition) is 0. The normalized spacial score (nSPS) is 15.0. The van der Waals surface area contributed by atoms with Crippen molar-refractivity contribution in [2.75, 3.05) is 0 Å². The molecule has 1 nitrogen and oxygen atoms in total. The summed E-state index contributed by atoms with van der Waals surface area (Å²) in [7, 11) is 0. The van der Waals surface area contributed by atoms with Crippen molar-refractivity contribution in [3.8, 4) is 0 Å². The van der Waals surface area contributed by atoms with E-state index in [9.17, 15) is 8.78 Å². The largest absolute Gasteiger partial charge is 0.346 e. The summed E-state index contributed by atoms with van der Waals surface area (Å²) < 4.78 is 25.9. The monoisotopic (exact) mass is 174 g/mol. The Hall–Kier alpha value is 0.300. The van der Waals surface area contributed by atoms with Crippen LogP contribution in [0.1, 0.15) is 6.92 Å². The second-order valence-corrected chi connectivity index (χ2v) is 2.23. The van der Waals surface area contributed by atoms with Gasteiger partial charge in [0.2, 0.25) is 0 Å². The van der Waals surface area contributed by atoms with Crippen LogP contribution < -0.4 is 0 Å². The first-order valence-electron chi connectivity index (χ1n) is 1.70. The molecule has 0 rings (SSSR count). The van der Waals surface area contributed by atoms with Crippen LogP contribution in [0.4, 0.5) is 8.78 Å². The van der Waals surface area contributed by atoms with E-state index in [-0.39, 0.29) is 0 Å². The average molecular weight is 175 g/mol. The smallest absolute Gasteiger partial charge is 0.308 e. The zero-order chi connectivity index (χ0) is 5.86. The van der Waals surface area contributed by atoms with Gasteiger partial charge in [0.05, 0.1) is 0 Å². The topological polar surface area (TPSA) is 9.23 Å². The third-order valence-electron chi connectivity index (χ3n) is 0.290. The summed E-state index contributed by atoms with van der Waals surface area (Å²) >= 11 is 2.77. The van der Waals surface area contributed by atoms with Gasteiger partial charge in [0.15, 0.2) is 0 Å². The van der Waals surface area contributed by atoms with E-state index in [0.29, 0.717) is 0 Å². The number of hydrogen-bond acceptors (Lipinski definition) is 1.